The Balaban J connectivity index is 2.01. The fourth-order valence-electron chi connectivity index (χ4n) is 1.55. The van der Waals surface area contributed by atoms with E-state index in [0.29, 0.717) is 18.5 Å². The quantitative estimate of drug-likeness (QED) is 0.845. The molecule has 0 bridgehead atoms. The summed E-state index contributed by atoms with van der Waals surface area (Å²) >= 11 is 0. The Kier molecular flexibility index (Phi) is 3.72. The second-order valence-electron chi connectivity index (χ2n) is 3.85. The lowest BCUT2D eigenvalue weighted by molar-refractivity contribution is 0.475. The predicted octanol–water partition coefficient (Wildman–Crippen LogP) is 1.43. The van der Waals surface area contributed by atoms with E-state index >= 15 is 0 Å². The molecule has 0 fully saturated rings. The van der Waals surface area contributed by atoms with Crippen molar-refractivity contribution in [2.24, 2.45) is 0 Å². The standard InChI is InChI=1S/C12H16N4O/c1-13-8-11-14-15-12(17-11)16(2)9-10-6-4-3-5-7-10/h3-7,13H,8-9H2,1-2H3. The summed E-state index contributed by atoms with van der Waals surface area (Å²) in [6.07, 6.45) is 0. The number of benzene rings is 1. The smallest absolute Gasteiger partial charge is 0.318 e. The third-order valence-corrected chi connectivity index (χ3v) is 2.37. The molecule has 5 nitrogen and oxygen atoms in total. The zero-order chi connectivity index (χ0) is 12.1. The van der Waals surface area contributed by atoms with Gasteiger partial charge in [-0.2, -0.15) is 0 Å². The second-order valence-corrected chi connectivity index (χ2v) is 3.85. The summed E-state index contributed by atoms with van der Waals surface area (Å²) in [5.74, 6) is 0.599. The number of aromatic nitrogens is 2. The Morgan fingerprint density at radius 3 is 2.71 bits per heavy atom. The molecule has 0 spiro atoms. The SMILES string of the molecule is CNCc1nnc(N(C)Cc2ccccc2)o1. The first-order valence-electron chi connectivity index (χ1n) is 5.51. The molecular weight excluding hydrogens is 216 g/mol. The summed E-state index contributed by atoms with van der Waals surface area (Å²) in [5.41, 5.74) is 1.21. The average molecular weight is 232 g/mol. The van der Waals surface area contributed by atoms with E-state index in [1.807, 2.05) is 37.2 Å². The minimum Gasteiger partial charge on any atom is -0.407 e. The van der Waals surface area contributed by atoms with Gasteiger partial charge in [0, 0.05) is 13.6 Å². The van der Waals surface area contributed by atoms with Crippen LogP contribution in [0.1, 0.15) is 11.5 Å². The molecule has 0 aliphatic carbocycles. The zero-order valence-corrected chi connectivity index (χ0v) is 10.1. The molecule has 0 saturated heterocycles. The van der Waals surface area contributed by atoms with Crippen molar-refractivity contribution >= 4 is 6.01 Å². The summed E-state index contributed by atoms with van der Waals surface area (Å²) in [5, 5.41) is 10.9. The van der Waals surface area contributed by atoms with Gasteiger partial charge in [-0.25, -0.2) is 0 Å². The molecule has 0 aliphatic rings. The van der Waals surface area contributed by atoms with Gasteiger partial charge in [0.1, 0.15) is 0 Å². The van der Waals surface area contributed by atoms with Crippen LogP contribution >= 0.6 is 0 Å². The third-order valence-electron chi connectivity index (χ3n) is 2.37. The molecular formula is C12H16N4O. The van der Waals surface area contributed by atoms with Crippen LogP contribution in [0.4, 0.5) is 6.01 Å². The first-order chi connectivity index (χ1) is 8.29. The van der Waals surface area contributed by atoms with E-state index < -0.39 is 0 Å². The van der Waals surface area contributed by atoms with Gasteiger partial charge in [-0.05, 0) is 12.6 Å². The van der Waals surface area contributed by atoms with Gasteiger partial charge in [0.25, 0.3) is 0 Å². The summed E-state index contributed by atoms with van der Waals surface area (Å²) in [4.78, 5) is 1.93. The topological polar surface area (TPSA) is 54.2 Å². The normalized spacial score (nSPS) is 10.5. The van der Waals surface area contributed by atoms with E-state index in [9.17, 15) is 0 Å². The zero-order valence-electron chi connectivity index (χ0n) is 10.1. The second kappa shape index (κ2) is 5.45. The van der Waals surface area contributed by atoms with Crippen molar-refractivity contribution in [1.82, 2.24) is 15.5 Å². The summed E-state index contributed by atoms with van der Waals surface area (Å²) in [6.45, 7) is 1.34. The van der Waals surface area contributed by atoms with Gasteiger partial charge >= 0.3 is 6.01 Å². The van der Waals surface area contributed by atoms with Crippen molar-refractivity contribution in [2.45, 2.75) is 13.1 Å². The number of anilines is 1. The molecule has 1 aromatic heterocycles. The van der Waals surface area contributed by atoms with Crippen LogP contribution in [-0.4, -0.2) is 24.3 Å². The Labute approximate surface area is 100 Å². The molecule has 0 amide bonds. The fourth-order valence-corrected chi connectivity index (χ4v) is 1.55. The van der Waals surface area contributed by atoms with Crippen LogP contribution in [0.5, 0.6) is 0 Å². The fraction of sp³-hybridized carbons (Fsp3) is 0.333. The van der Waals surface area contributed by atoms with Crippen molar-refractivity contribution in [1.29, 1.82) is 0 Å². The molecule has 0 aliphatic heterocycles. The molecule has 1 heterocycles. The molecule has 5 heteroatoms. The predicted molar refractivity (Wildman–Crippen MR) is 65.6 cm³/mol. The first-order valence-corrected chi connectivity index (χ1v) is 5.51. The van der Waals surface area contributed by atoms with Gasteiger partial charge in [-0.15, -0.1) is 5.10 Å². The Bertz CT molecular complexity index is 455. The monoisotopic (exact) mass is 232 g/mol. The molecule has 90 valence electrons. The van der Waals surface area contributed by atoms with Crippen LogP contribution in [0.2, 0.25) is 0 Å². The molecule has 0 saturated carbocycles. The van der Waals surface area contributed by atoms with E-state index in [1.165, 1.54) is 5.56 Å². The van der Waals surface area contributed by atoms with Crippen molar-refractivity contribution in [3.05, 3.63) is 41.8 Å². The highest BCUT2D eigenvalue weighted by molar-refractivity contribution is 5.26. The lowest BCUT2D eigenvalue weighted by Crippen LogP contribution is -2.16. The highest BCUT2D eigenvalue weighted by atomic mass is 16.4. The van der Waals surface area contributed by atoms with Crippen molar-refractivity contribution in [3.63, 3.8) is 0 Å². The maximum absolute atomic E-state index is 5.50. The minimum atomic E-state index is 0.541. The highest BCUT2D eigenvalue weighted by Crippen LogP contribution is 2.13. The van der Waals surface area contributed by atoms with Crippen LogP contribution in [0, 0.1) is 0 Å². The Morgan fingerprint density at radius 2 is 2.00 bits per heavy atom. The van der Waals surface area contributed by atoms with E-state index in [0.717, 1.165) is 6.54 Å². The van der Waals surface area contributed by atoms with Gasteiger partial charge < -0.3 is 14.6 Å². The molecule has 0 radical (unpaired) electrons. The molecule has 2 rings (SSSR count). The summed E-state index contributed by atoms with van der Waals surface area (Å²) in [7, 11) is 3.78. The summed E-state index contributed by atoms with van der Waals surface area (Å²) < 4.78 is 5.50. The molecule has 2 aromatic rings. The molecule has 1 N–H and O–H groups in total. The van der Waals surface area contributed by atoms with E-state index in [-0.39, 0.29) is 0 Å². The van der Waals surface area contributed by atoms with Crippen molar-refractivity contribution in [2.75, 3.05) is 19.0 Å². The largest absolute Gasteiger partial charge is 0.407 e. The van der Waals surface area contributed by atoms with E-state index in [4.69, 9.17) is 4.42 Å². The van der Waals surface area contributed by atoms with Crippen molar-refractivity contribution < 1.29 is 4.42 Å². The molecule has 17 heavy (non-hydrogen) atoms. The number of rotatable bonds is 5. The Morgan fingerprint density at radius 1 is 1.24 bits per heavy atom. The number of nitrogens with one attached hydrogen (secondary N) is 1. The van der Waals surface area contributed by atoms with Crippen molar-refractivity contribution in [3.8, 4) is 0 Å². The van der Waals surface area contributed by atoms with Crippen LogP contribution < -0.4 is 10.2 Å². The van der Waals surface area contributed by atoms with Crippen LogP contribution in [0.15, 0.2) is 34.7 Å². The number of hydrogen-bond acceptors (Lipinski definition) is 5. The first kappa shape index (κ1) is 11.6. The van der Waals surface area contributed by atoms with Gasteiger partial charge in [-0.1, -0.05) is 35.4 Å². The van der Waals surface area contributed by atoms with Crippen LogP contribution in [0.3, 0.4) is 0 Å². The minimum absolute atomic E-state index is 0.541. The maximum Gasteiger partial charge on any atom is 0.318 e. The highest BCUT2D eigenvalue weighted by Gasteiger charge is 2.10. The molecule has 0 atom stereocenters. The average Bonchev–Trinajstić information content (AvgIpc) is 2.79. The van der Waals surface area contributed by atoms with Gasteiger partial charge in [0.15, 0.2) is 0 Å². The van der Waals surface area contributed by atoms with Gasteiger partial charge in [-0.3, -0.25) is 0 Å². The molecule has 1 aromatic carbocycles. The molecule has 0 unspecified atom stereocenters. The number of hydrogen-bond donors (Lipinski definition) is 1. The lowest BCUT2D eigenvalue weighted by Gasteiger charge is -2.13. The Hall–Kier alpha value is -1.88. The van der Waals surface area contributed by atoms with E-state index in [1.54, 1.807) is 0 Å². The summed E-state index contributed by atoms with van der Waals surface area (Å²) in [6, 6.07) is 10.7. The van der Waals surface area contributed by atoms with Gasteiger partial charge in [0.2, 0.25) is 5.89 Å². The number of nitrogens with zero attached hydrogens (tertiary/aromatic N) is 3. The van der Waals surface area contributed by atoms with Gasteiger partial charge in [0.05, 0.1) is 6.54 Å². The van der Waals surface area contributed by atoms with Crippen LogP contribution in [-0.2, 0) is 13.1 Å². The van der Waals surface area contributed by atoms with E-state index in [2.05, 4.69) is 27.6 Å². The third kappa shape index (κ3) is 3.04. The maximum atomic E-state index is 5.50. The lowest BCUT2D eigenvalue weighted by atomic mass is 10.2. The van der Waals surface area contributed by atoms with Crippen LogP contribution in [0.25, 0.3) is 0 Å².